The zero-order chi connectivity index (χ0) is 18.0. The van der Waals surface area contributed by atoms with E-state index in [-0.39, 0.29) is 18.3 Å². The van der Waals surface area contributed by atoms with Crippen LogP contribution < -0.4 is 0 Å². The smallest absolute Gasteiger partial charge is 0.143 e. The third-order valence-electron chi connectivity index (χ3n) is 6.21. The van der Waals surface area contributed by atoms with Crippen LogP contribution in [0.25, 0.3) is 0 Å². The summed E-state index contributed by atoms with van der Waals surface area (Å²) < 4.78 is 5.85. The molecule has 2 aliphatic carbocycles. The number of aliphatic hydroxyl groups is 1. The van der Waals surface area contributed by atoms with Crippen molar-refractivity contribution in [3.8, 4) is 0 Å². The predicted octanol–water partition coefficient (Wildman–Crippen LogP) is 4.93. The number of hydrogen-bond acceptors (Lipinski definition) is 4. The van der Waals surface area contributed by atoms with E-state index in [1.165, 1.54) is 44.1 Å². The molecule has 140 valence electrons. The summed E-state index contributed by atoms with van der Waals surface area (Å²) in [6.45, 7) is 6.32. The summed E-state index contributed by atoms with van der Waals surface area (Å²) in [7, 11) is 0. The van der Waals surface area contributed by atoms with E-state index >= 15 is 0 Å². The Morgan fingerprint density at radius 3 is 2.60 bits per heavy atom. The molecular formula is C21H33NO3. The standard InChI is InChI=1S/C21H33NO3/c1-4-13(2)9-15-11-18(12-15)21-19(16-5-6-16)20(22-25-21)17(7-8-23)10-14(3)24/h13,15-18,23H,4-12H2,1-3H3. The summed E-state index contributed by atoms with van der Waals surface area (Å²) in [5.74, 6) is 3.98. The summed E-state index contributed by atoms with van der Waals surface area (Å²) in [6.07, 6.45) is 8.47. The van der Waals surface area contributed by atoms with Crippen LogP contribution in [0.1, 0.15) is 107 Å². The molecule has 0 bridgehead atoms. The molecular weight excluding hydrogens is 314 g/mol. The first-order valence-corrected chi connectivity index (χ1v) is 10.1. The van der Waals surface area contributed by atoms with Crippen LogP contribution in [0, 0.1) is 11.8 Å². The van der Waals surface area contributed by atoms with Crippen molar-refractivity contribution in [2.75, 3.05) is 6.61 Å². The molecule has 2 atom stereocenters. The van der Waals surface area contributed by atoms with Crippen LogP contribution in [0.3, 0.4) is 0 Å². The highest BCUT2D eigenvalue weighted by Gasteiger charge is 2.41. The van der Waals surface area contributed by atoms with Gasteiger partial charge in [0, 0.05) is 30.4 Å². The Hall–Kier alpha value is -1.16. The maximum atomic E-state index is 11.6. The zero-order valence-electron chi connectivity index (χ0n) is 16.0. The third kappa shape index (κ3) is 4.33. The minimum atomic E-state index is 0.00610. The number of carbonyl (C=O) groups excluding carboxylic acids is 1. The van der Waals surface area contributed by atoms with Crippen molar-refractivity contribution in [2.24, 2.45) is 11.8 Å². The molecule has 2 fully saturated rings. The molecule has 3 rings (SSSR count). The average molecular weight is 347 g/mol. The molecule has 2 unspecified atom stereocenters. The second-order valence-electron chi connectivity index (χ2n) is 8.52. The second-order valence-corrected chi connectivity index (χ2v) is 8.52. The lowest BCUT2D eigenvalue weighted by Gasteiger charge is -2.35. The Bertz CT molecular complexity index is 584. The summed E-state index contributed by atoms with van der Waals surface area (Å²) in [5.41, 5.74) is 2.26. The van der Waals surface area contributed by atoms with E-state index in [0.29, 0.717) is 24.7 Å². The molecule has 4 nitrogen and oxygen atoms in total. The summed E-state index contributed by atoms with van der Waals surface area (Å²) in [6, 6.07) is 0. The molecule has 0 aromatic carbocycles. The Morgan fingerprint density at radius 1 is 1.32 bits per heavy atom. The largest absolute Gasteiger partial charge is 0.396 e. The number of aliphatic hydroxyl groups excluding tert-OH is 1. The van der Waals surface area contributed by atoms with Gasteiger partial charge < -0.3 is 14.4 Å². The van der Waals surface area contributed by atoms with Crippen molar-refractivity contribution in [3.63, 3.8) is 0 Å². The van der Waals surface area contributed by atoms with Crippen molar-refractivity contribution in [1.29, 1.82) is 0 Å². The molecule has 25 heavy (non-hydrogen) atoms. The highest BCUT2D eigenvalue weighted by Crippen LogP contribution is 2.52. The van der Waals surface area contributed by atoms with Gasteiger partial charge in [-0.1, -0.05) is 25.4 Å². The molecule has 0 radical (unpaired) electrons. The lowest BCUT2D eigenvalue weighted by molar-refractivity contribution is -0.117. The van der Waals surface area contributed by atoms with Crippen molar-refractivity contribution in [3.05, 3.63) is 17.0 Å². The topological polar surface area (TPSA) is 63.3 Å². The van der Waals surface area contributed by atoms with Crippen LogP contribution in [-0.4, -0.2) is 22.7 Å². The molecule has 4 heteroatoms. The van der Waals surface area contributed by atoms with E-state index < -0.39 is 0 Å². The van der Waals surface area contributed by atoms with Gasteiger partial charge in [0.05, 0.1) is 5.69 Å². The average Bonchev–Trinajstić information content (AvgIpc) is 3.28. The van der Waals surface area contributed by atoms with Gasteiger partial charge in [-0.05, 0) is 63.2 Å². The van der Waals surface area contributed by atoms with Crippen LogP contribution in [0.4, 0.5) is 0 Å². The monoisotopic (exact) mass is 347 g/mol. The van der Waals surface area contributed by atoms with Gasteiger partial charge in [0.25, 0.3) is 0 Å². The van der Waals surface area contributed by atoms with Crippen molar-refractivity contribution in [2.45, 2.75) is 89.9 Å². The first-order chi connectivity index (χ1) is 12.0. The van der Waals surface area contributed by atoms with Crippen molar-refractivity contribution < 1.29 is 14.4 Å². The van der Waals surface area contributed by atoms with Crippen molar-refractivity contribution >= 4 is 5.78 Å². The van der Waals surface area contributed by atoms with Crippen LogP contribution in [-0.2, 0) is 4.79 Å². The maximum Gasteiger partial charge on any atom is 0.143 e. The van der Waals surface area contributed by atoms with E-state index in [9.17, 15) is 9.90 Å². The number of Topliss-reactive ketones (excluding diaryl/α,β-unsaturated/α-hetero) is 1. The highest BCUT2D eigenvalue weighted by atomic mass is 16.5. The molecule has 0 saturated heterocycles. The Balaban J connectivity index is 1.73. The van der Waals surface area contributed by atoms with Crippen LogP contribution in [0.5, 0.6) is 0 Å². The molecule has 2 aliphatic rings. The fourth-order valence-corrected chi connectivity index (χ4v) is 4.41. The van der Waals surface area contributed by atoms with E-state index in [1.807, 2.05) is 0 Å². The van der Waals surface area contributed by atoms with E-state index in [4.69, 9.17) is 4.52 Å². The Kier molecular flexibility index (Phi) is 5.98. The predicted molar refractivity (Wildman–Crippen MR) is 97.8 cm³/mol. The van der Waals surface area contributed by atoms with E-state index in [2.05, 4.69) is 19.0 Å². The fraction of sp³-hybridized carbons (Fsp3) is 0.810. The van der Waals surface area contributed by atoms with E-state index in [1.54, 1.807) is 6.92 Å². The SMILES string of the molecule is CCC(C)CC1CC(c2onc(C(CCO)CC(C)=O)c2C2CC2)C1. The third-order valence-corrected chi connectivity index (χ3v) is 6.21. The minimum absolute atomic E-state index is 0.00610. The van der Waals surface area contributed by atoms with Gasteiger partial charge in [-0.25, -0.2) is 0 Å². The summed E-state index contributed by atoms with van der Waals surface area (Å²) >= 11 is 0. The van der Waals surface area contributed by atoms with E-state index in [0.717, 1.165) is 23.3 Å². The molecule has 0 aliphatic heterocycles. The van der Waals surface area contributed by atoms with Gasteiger partial charge >= 0.3 is 0 Å². The first-order valence-electron chi connectivity index (χ1n) is 10.1. The quantitative estimate of drug-likeness (QED) is 0.652. The number of nitrogens with zero attached hydrogens (tertiary/aromatic N) is 1. The fourth-order valence-electron chi connectivity index (χ4n) is 4.41. The molecule has 0 amide bonds. The first kappa shape index (κ1) is 18.6. The highest BCUT2D eigenvalue weighted by molar-refractivity contribution is 5.76. The van der Waals surface area contributed by atoms with Gasteiger partial charge in [0.15, 0.2) is 0 Å². The molecule has 1 heterocycles. The zero-order valence-corrected chi connectivity index (χ0v) is 16.0. The molecule has 1 aromatic heterocycles. The molecule has 0 spiro atoms. The number of hydrogen-bond donors (Lipinski definition) is 1. The lowest BCUT2D eigenvalue weighted by atomic mass is 9.69. The van der Waals surface area contributed by atoms with Gasteiger partial charge in [-0.2, -0.15) is 0 Å². The van der Waals surface area contributed by atoms with Gasteiger partial charge in [-0.3, -0.25) is 0 Å². The van der Waals surface area contributed by atoms with Gasteiger partial charge in [0.1, 0.15) is 11.5 Å². The normalized spacial score (nSPS) is 25.4. The Morgan fingerprint density at radius 2 is 2.04 bits per heavy atom. The van der Waals surface area contributed by atoms with Gasteiger partial charge in [-0.15, -0.1) is 0 Å². The Labute approximate surface area is 151 Å². The van der Waals surface area contributed by atoms with Gasteiger partial charge in [0.2, 0.25) is 0 Å². The number of rotatable bonds is 10. The number of aromatic nitrogens is 1. The molecule has 2 saturated carbocycles. The van der Waals surface area contributed by atoms with Crippen molar-refractivity contribution in [1.82, 2.24) is 5.16 Å². The lowest BCUT2D eigenvalue weighted by Crippen LogP contribution is -2.24. The second kappa shape index (κ2) is 8.03. The number of ketones is 1. The maximum absolute atomic E-state index is 11.6. The van der Waals surface area contributed by atoms with Crippen LogP contribution in [0.15, 0.2) is 4.52 Å². The molecule has 1 aromatic rings. The number of carbonyl (C=O) groups is 1. The molecule has 1 N–H and O–H groups in total. The summed E-state index contributed by atoms with van der Waals surface area (Å²) in [4.78, 5) is 11.6. The summed E-state index contributed by atoms with van der Waals surface area (Å²) in [5, 5.41) is 13.8. The minimum Gasteiger partial charge on any atom is -0.396 e. The van der Waals surface area contributed by atoms with Crippen LogP contribution in [0.2, 0.25) is 0 Å². The van der Waals surface area contributed by atoms with Crippen LogP contribution >= 0.6 is 0 Å².